The van der Waals surface area contributed by atoms with E-state index < -0.39 is 0 Å². The van der Waals surface area contributed by atoms with Gasteiger partial charge in [-0.3, -0.25) is 0 Å². The Morgan fingerprint density at radius 3 is 2.58 bits per heavy atom. The van der Waals surface area contributed by atoms with Crippen LogP contribution in [-0.2, 0) is 6.42 Å². The molecule has 2 aromatic carbocycles. The highest BCUT2D eigenvalue weighted by Crippen LogP contribution is 2.27. The van der Waals surface area contributed by atoms with Gasteiger partial charge in [-0.05, 0) is 48.4 Å². The number of nitrogens with two attached hydrogens (primary N) is 1. The highest BCUT2D eigenvalue weighted by atomic mass is 15.1. The van der Waals surface area contributed by atoms with Crippen molar-refractivity contribution in [2.75, 3.05) is 17.7 Å². The first-order valence-corrected chi connectivity index (χ1v) is 6.17. The number of hydrogen-bond acceptors (Lipinski definition) is 3. The van der Waals surface area contributed by atoms with Gasteiger partial charge in [-0.15, -0.1) is 0 Å². The molecule has 0 atom stereocenters. The zero-order valence-electron chi connectivity index (χ0n) is 11.2. The Labute approximate surface area is 113 Å². The molecular formula is C16H17N3. The van der Waals surface area contributed by atoms with E-state index in [2.05, 4.69) is 36.1 Å². The summed E-state index contributed by atoms with van der Waals surface area (Å²) in [5.41, 5.74) is 10.8. The predicted molar refractivity (Wildman–Crippen MR) is 79.4 cm³/mol. The Morgan fingerprint density at radius 2 is 1.89 bits per heavy atom. The molecule has 0 spiro atoms. The highest BCUT2D eigenvalue weighted by molar-refractivity contribution is 5.67. The van der Waals surface area contributed by atoms with E-state index in [4.69, 9.17) is 11.0 Å². The molecule has 0 heterocycles. The number of aryl methyl sites for hydroxylation is 1. The quantitative estimate of drug-likeness (QED) is 0.850. The van der Waals surface area contributed by atoms with Gasteiger partial charge < -0.3 is 10.6 Å². The molecule has 19 heavy (non-hydrogen) atoms. The largest absolute Gasteiger partial charge is 0.398 e. The minimum atomic E-state index is 0.335. The SMILES string of the molecule is Cc1cccc(N(C)c2ccc(N)c(CC#N)c2)c1. The molecule has 2 aromatic rings. The zero-order chi connectivity index (χ0) is 13.8. The van der Waals surface area contributed by atoms with Gasteiger partial charge in [0.25, 0.3) is 0 Å². The maximum absolute atomic E-state index is 8.81. The van der Waals surface area contributed by atoms with E-state index in [0.717, 1.165) is 16.9 Å². The molecule has 0 aromatic heterocycles. The topological polar surface area (TPSA) is 53.0 Å². The smallest absolute Gasteiger partial charge is 0.0670 e. The van der Waals surface area contributed by atoms with Crippen LogP contribution in [0.25, 0.3) is 0 Å². The summed E-state index contributed by atoms with van der Waals surface area (Å²) < 4.78 is 0. The number of nitriles is 1. The number of benzene rings is 2. The minimum Gasteiger partial charge on any atom is -0.398 e. The standard InChI is InChI=1S/C16H17N3/c1-12-4-3-5-14(10-12)19(2)15-6-7-16(18)13(11-15)8-9-17/h3-7,10-11H,8,18H2,1-2H3. The molecule has 0 amide bonds. The third-order valence-electron chi connectivity index (χ3n) is 3.17. The Kier molecular flexibility index (Phi) is 3.72. The summed E-state index contributed by atoms with van der Waals surface area (Å²) in [6, 6.07) is 16.2. The summed E-state index contributed by atoms with van der Waals surface area (Å²) in [6.07, 6.45) is 0.335. The van der Waals surface area contributed by atoms with E-state index in [-0.39, 0.29) is 0 Å². The predicted octanol–water partition coefficient (Wildman–Crippen LogP) is 3.41. The Balaban J connectivity index is 2.36. The number of anilines is 3. The van der Waals surface area contributed by atoms with Crippen molar-refractivity contribution in [1.82, 2.24) is 0 Å². The summed E-state index contributed by atoms with van der Waals surface area (Å²) in [6.45, 7) is 2.07. The van der Waals surface area contributed by atoms with Gasteiger partial charge in [-0.1, -0.05) is 12.1 Å². The van der Waals surface area contributed by atoms with Gasteiger partial charge in [0.05, 0.1) is 12.5 Å². The van der Waals surface area contributed by atoms with Crippen LogP contribution in [0.5, 0.6) is 0 Å². The monoisotopic (exact) mass is 251 g/mol. The van der Waals surface area contributed by atoms with Crippen molar-refractivity contribution in [3.05, 3.63) is 53.6 Å². The van der Waals surface area contributed by atoms with Crippen LogP contribution in [0.15, 0.2) is 42.5 Å². The molecule has 0 unspecified atom stereocenters. The van der Waals surface area contributed by atoms with Crippen molar-refractivity contribution >= 4 is 17.1 Å². The lowest BCUT2D eigenvalue weighted by atomic mass is 10.1. The van der Waals surface area contributed by atoms with E-state index in [1.807, 2.05) is 31.3 Å². The molecular weight excluding hydrogens is 234 g/mol. The second-order valence-corrected chi connectivity index (χ2v) is 4.62. The second kappa shape index (κ2) is 5.45. The molecule has 0 saturated carbocycles. The first kappa shape index (κ1) is 13.0. The summed E-state index contributed by atoms with van der Waals surface area (Å²) in [5.74, 6) is 0. The van der Waals surface area contributed by atoms with E-state index in [1.54, 1.807) is 0 Å². The van der Waals surface area contributed by atoms with Gasteiger partial charge in [-0.2, -0.15) is 5.26 Å². The van der Waals surface area contributed by atoms with E-state index in [1.165, 1.54) is 5.56 Å². The second-order valence-electron chi connectivity index (χ2n) is 4.62. The molecule has 0 radical (unpaired) electrons. The minimum absolute atomic E-state index is 0.335. The molecule has 96 valence electrons. The van der Waals surface area contributed by atoms with Gasteiger partial charge in [-0.25, -0.2) is 0 Å². The third kappa shape index (κ3) is 2.86. The molecule has 0 aliphatic carbocycles. The first-order chi connectivity index (χ1) is 9.11. The lowest BCUT2D eigenvalue weighted by molar-refractivity contribution is 1.18. The fraction of sp³-hybridized carbons (Fsp3) is 0.188. The van der Waals surface area contributed by atoms with Gasteiger partial charge in [0, 0.05) is 24.1 Å². The van der Waals surface area contributed by atoms with Crippen LogP contribution in [0.4, 0.5) is 17.1 Å². The van der Waals surface area contributed by atoms with Crippen LogP contribution >= 0.6 is 0 Å². The maximum atomic E-state index is 8.81. The van der Waals surface area contributed by atoms with E-state index >= 15 is 0 Å². The first-order valence-electron chi connectivity index (χ1n) is 6.17. The van der Waals surface area contributed by atoms with Crippen molar-refractivity contribution in [2.24, 2.45) is 0 Å². The summed E-state index contributed by atoms with van der Waals surface area (Å²) in [4.78, 5) is 2.09. The number of hydrogen-bond donors (Lipinski definition) is 1. The fourth-order valence-corrected chi connectivity index (χ4v) is 2.02. The third-order valence-corrected chi connectivity index (χ3v) is 3.17. The van der Waals surface area contributed by atoms with E-state index in [0.29, 0.717) is 12.1 Å². The van der Waals surface area contributed by atoms with Crippen LogP contribution < -0.4 is 10.6 Å². The molecule has 3 heteroatoms. The Morgan fingerprint density at radius 1 is 1.16 bits per heavy atom. The lowest BCUT2D eigenvalue weighted by Crippen LogP contribution is -2.10. The van der Waals surface area contributed by atoms with Gasteiger partial charge in [0.1, 0.15) is 0 Å². The molecule has 2 rings (SSSR count). The lowest BCUT2D eigenvalue weighted by Gasteiger charge is -2.21. The van der Waals surface area contributed by atoms with E-state index in [9.17, 15) is 0 Å². The van der Waals surface area contributed by atoms with Crippen molar-refractivity contribution in [1.29, 1.82) is 5.26 Å². The van der Waals surface area contributed by atoms with Crippen molar-refractivity contribution < 1.29 is 0 Å². The number of nitrogen functional groups attached to an aromatic ring is 1. The highest BCUT2D eigenvalue weighted by Gasteiger charge is 2.07. The molecule has 3 nitrogen and oxygen atoms in total. The van der Waals surface area contributed by atoms with Crippen molar-refractivity contribution in [3.8, 4) is 6.07 Å². The van der Waals surface area contributed by atoms with Crippen LogP contribution in [0.3, 0.4) is 0 Å². The average molecular weight is 251 g/mol. The van der Waals surface area contributed by atoms with Crippen LogP contribution in [0.2, 0.25) is 0 Å². The molecule has 0 aliphatic rings. The van der Waals surface area contributed by atoms with Crippen LogP contribution in [-0.4, -0.2) is 7.05 Å². The Hall–Kier alpha value is -2.47. The number of nitrogens with zero attached hydrogens (tertiary/aromatic N) is 2. The summed E-state index contributed by atoms with van der Waals surface area (Å²) in [5, 5.41) is 8.81. The zero-order valence-corrected chi connectivity index (χ0v) is 11.2. The van der Waals surface area contributed by atoms with Gasteiger partial charge in [0.2, 0.25) is 0 Å². The van der Waals surface area contributed by atoms with Crippen LogP contribution in [0, 0.1) is 18.3 Å². The molecule has 2 N–H and O–H groups in total. The fourth-order valence-electron chi connectivity index (χ4n) is 2.02. The molecule has 0 saturated heterocycles. The van der Waals surface area contributed by atoms with Gasteiger partial charge >= 0.3 is 0 Å². The normalized spacial score (nSPS) is 9.95. The average Bonchev–Trinajstić information content (AvgIpc) is 2.41. The van der Waals surface area contributed by atoms with Gasteiger partial charge in [0.15, 0.2) is 0 Å². The van der Waals surface area contributed by atoms with Crippen molar-refractivity contribution in [3.63, 3.8) is 0 Å². The number of rotatable bonds is 3. The van der Waals surface area contributed by atoms with Crippen LogP contribution in [0.1, 0.15) is 11.1 Å². The van der Waals surface area contributed by atoms with Crippen molar-refractivity contribution in [2.45, 2.75) is 13.3 Å². The summed E-state index contributed by atoms with van der Waals surface area (Å²) in [7, 11) is 2.01. The molecule has 0 fully saturated rings. The molecule has 0 bridgehead atoms. The summed E-state index contributed by atoms with van der Waals surface area (Å²) >= 11 is 0. The molecule has 0 aliphatic heterocycles. The maximum Gasteiger partial charge on any atom is 0.0670 e. The Bertz CT molecular complexity index is 626.